The van der Waals surface area contributed by atoms with E-state index in [-0.39, 0.29) is 24.1 Å². The Morgan fingerprint density at radius 2 is 2.19 bits per heavy atom. The summed E-state index contributed by atoms with van der Waals surface area (Å²) in [5, 5.41) is 3.72. The van der Waals surface area contributed by atoms with Crippen LogP contribution in [0.25, 0.3) is 0 Å². The number of aryl methyl sites for hydroxylation is 1. The van der Waals surface area contributed by atoms with Crippen molar-refractivity contribution in [2.75, 3.05) is 17.7 Å². The van der Waals surface area contributed by atoms with Crippen molar-refractivity contribution < 1.29 is 18.7 Å². The first-order chi connectivity index (χ1) is 13.0. The largest absolute Gasteiger partial charge is 0.462 e. The number of rotatable bonds is 7. The minimum atomic E-state index is -0.391. The van der Waals surface area contributed by atoms with E-state index in [0.29, 0.717) is 26.9 Å². The van der Waals surface area contributed by atoms with E-state index >= 15 is 0 Å². The van der Waals surface area contributed by atoms with Gasteiger partial charge in [0.05, 0.1) is 17.9 Å². The van der Waals surface area contributed by atoms with Gasteiger partial charge in [0, 0.05) is 21.2 Å². The number of benzene rings is 1. The van der Waals surface area contributed by atoms with E-state index in [2.05, 4.69) is 5.32 Å². The highest BCUT2D eigenvalue weighted by Gasteiger charge is 2.28. The molecule has 0 unspecified atom stereocenters. The second-order valence-electron chi connectivity index (χ2n) is 6.02. The van der Waals surface area contributed by atoms with Crippen LogP contribution in [0.1, 0.15) is 39.7 Å². The third-order valence-electron chi connectivity index (χ3n) is 4.20. The Hall–Kier alpha value is -1.57. The number of esters is 1. The van der Waals surface area contributed by atoms with Crippen molar-refractivity contribution in [3.05, 3.63) is 50.6 Å². The van der Waals surface area contributed by atoms with Gasteiger partial charge in [-0.1, -0.05) is 17.7 Å². The van der Waals surface area contributed by atoms with Crippen molar-refractivity contribution in [3.63, 3.8) is 0 Å². The number of amides is 1. The fraction of sp³-hybridized carbons (Fsp3) is 0.368. The zero-order valence-electron chi connectivity index (χ0n) is 14.8. The van der Waals surface area contributed by atoms with Crippen molar-refractivity contribution in [1.29, 1.82) is 0 Å². The number of fused-ring (bicyclic) bond motifs is 1. The molecule has 0 saturated heterocycles. The standard InChI is InChI=1S/C19H19ClFNO3S2/c1-2-25-19(24)17-11-5-3-8-15(11)27-18(17)22-16(23)10-26-9-12-13(20)6-4-7-14(12)21/h4,6-7H,2-3,5,8-10H2,1H3,(H,22,23). The minimum Gasteiger partial charge on any atom is -0.462 e. The summed E-state index contributed by atoms with van der Waals surface area (Å²) in [4.78, 5) is 25.8. The summed E-state index contributed by atoms with van der Waals surface area (Å²) >= 11 is 8.71. The van der Waals surface area contributed by atoms with Crippen molar-refractivity contribution >= 4 is 51.6 Å². The van der Waals surface area contributed by atoms with Gasteiger partial charge in [-0.15, -0.1) is 23.1 Å². The first-order valence-electron chi connectivity index (χ1n) is 8.63. The Morgan fingerprint density at radius 3 is 2.93 bits per heavy atom. The highest BCUT2D eigenvalue weighted by molar-refractivity contribution is 7.99. The lowest BCUT2D eigenvalue weighted by Gasteiger charge is -2.08. The molecule has 1 aromatic carbocycles. The molecule has 1 N–H and O–H groups in total. The number of hydrogen-bond donors (Lipinski definition) is 1. The molecule has 27 heavy (non-hydrogen) atoms. The number of carbonyl (C=O) groups is 2. The quantitative estimate of drug-likeness (QED) is 0.626. The summed E-state index contributed by atoms with van der Waals surface area (Å²) in [6, 6.07) is 4.52. The Kier molecular flexibility index (Phi) is 6.78. The average molecular weight is 428 g/mol. The summed E-state index contributed by atoms with van der Waals surface area (Å²) in [5.41, 5.74) is 1.88. The number of anilines is 1. The van der Waals surface area contributed by atoms with E-state index in [1.807, 2.05) is 0 Å². The van der Waals surface area contributed by atoms with Gasteiger partial charge in [0.1, 0.15) is 10.8 Å². The molecule has 0 spiro atoms. The second kappa shape index (κ2) is 9.08. The molecule has 0 fully saturated rings. The number of halogens is 2. The molecule has 0 aliphatic heterocycles. The van der Waals surface area contributed by atoms with Crippen LogP contribution in [0.4, 0.5) is 9.39 Å². The maximum Gasteiger partial charge on any atom is 0.341 e. The summed E-state index contributed by atoms with van der Waals surface area (Å²) in [7, 11) is 0. The van der Waals surface area contributed by atoms with Gasteiger partial charge in [-0.3, -0.25) is 4.79 Å². The van der Waals surface area contributed by atoms with Gasteiger partial charge < -0.3 is 10.1 Å². The van der Waals surface area contributed by atoms with Crippen molar-refractivity contribution in [2.45, 2.75) is 31.9 Å². The Bertz CT molecular complexity index is 849. The molecule has 1 amide bonds. The van der Waals surface area contributed by atoms with Gasteiger partial charge in [0.15, 0.2) is 0 Å². The lowest BCUT2D eigenvalue weighted by atomic mass is 10.1. The first kappa shape index (κ1) is 20.2. The zero-order valence-corrected chi connectivity index (χ0v) is 17.2. The van der Waals surface area contributed by atoms with E-state index < -0.39 is 5.97 Å². The van der Waals surface area contributed by atoms with Crippen LogP contribution in [0.5, 0.6) is 0 Å². The number of thioether (sulfide) groups is 1. The SMILES string of the molecule is CCOC(=O)c1c(NC(=O)CSCc2c(F)cccc2Cl)sc2c1CCC2. The molecule has 8 heteroatoms. The van der Waals surface area contributed by atoms with Crippen molar-refractivity contribution in [3.8, 4) is 0 Å². The molecule has 1 aliphatic rings. The van der Waals surface area contributed by atoms with E-state index in [0.717, 1.165) is 29.7 Å². The molecular weight excluding hydrogens is 409 g/mol. The average Bonchev–Trinajstić information content (AvgIpc) is 3.18. The minimum absolute atomic E-state index is 0.134. The summed E-state index contributed by atoms with van der Waals surface area (Å²) < 4.78 is 18.9. The van der Waals surface area contributed by atoms with Crippen LogP contribution in [0.15, 0.2) is 18.2 Å². The van der Waals surface area contributed by atoms with Crippen LogP contribution in [0.3, 0.4) is 0 Å². The fourth-order valence-corrected chi connectivity index (χ4v) is 5.45. The Morgan fingerprint density at radius 1 is 1.37 bits per heavy atom. The zero-order chi connectivity index (χ0) is 19.4. The lowest BCUT2D eigenvalue weighted by Crippen LogP contribution is -2.17. The maximum atomic E-state index is 13.8. The maximum absolute atomic E-state index is 13.8. The third kappa shape index (κ3) is 4.65. The third-order valence-corrected chi connectivity index (χ3v) is 6.72. The highest BCUT2D eigenvalue weighted by Crippen LogP contribution is 2.39. The Labute approximate surface area is 170 Å². The number of nitrogens with one attached hydrogen (secondary N) is 1. The van der Waals surface area contributed by atoms with Crippen LogP contribution >= 0.6 is 34.7 Å². The fourth-order valence-electron chi connectivity index (χ4n) is 2.99. The first-order valence-corrected chi connectivity index (χ1v) is 11.0. The molecule has 4 nitrogen and oxygen atoms in total. The van der Waals surface area contributed by atoms with Gasteiger partial charge in [-0.05, 0) is 43.9 Å². The van der Waals surface area contributed by atoms with Gasteiger partial charge in [-0.25, -0.2) is 9.18 Å². The number of ether oxygens (including phenoxy) is 1. The normalized spacial score (nSPS) is 12.7. The lowest BCUT2D eigenvalue weighted by molar-refractivity contribution is -0.113. The van der Waals surface area contributed by atoms with Crippen LogP contribution in [0, 0.1) is 5.82 Å². The number of thiophene rings is 1. The van der Waals surface area contributed by atoms with Gasteiger partial charge in [0.25, 0.3) is 0 Å². The molecule has 3 rings (SSSR count). The second-order valence-corrected chi connectivity index (χ2v) is 8.52. The van der Waals surface area contributed by atoms with Crippen molar-refractivity contribution in [1.82, 2.24) is 0 Å². The molecule has 1 aromatic heterocycles. The monoisotopic (exact) mass is 427 g/mol. The van der Waals surface area contributed by atoms with Crippen LogP contribution < -0.4 is 5.32 Å². The van der Waals surface area contributed by atoms with Crippen molar-refractivity contribution in [2.24, 2.45) is 0 Å². The summed E-state index contributed by atoms with van der Waals surface area (Å²) in [6.07, 6.45) is 2.76. The van der Waals surface area contributed by atoms with Gasteiger partial charge in [0.2, 0.25) is 5.91 Å². The van der Waals surface area contributed by atoms with Crippen LogP contribution in [0.2, 0.25) is 5.02 Å². The number of carbonyl (C=O) groups excluding carboxylic acids is 2. The van der Waals surface area contributed by atoms with E-state index in [9.17, 15) is 14.0 Å². The molecule has 1 heterocycles. The molecule has 0 atom stereocenters. The Balaban J connectivity index is 1.64. The topological polar surface area (TPSA) is 55.4 Å². The van der Waals surface area contributed by atoms with E-state index in [1.165, 1.54) is 29.2 Å². The predicted octanol–water partition coefficient (Wildman–Crippen LogP) is 5.08. The smallest absolute Gasteiger partial charge is 0.341 e. The molecule has 2 aromatic rings. The van der Waals surface area contributed by atoms with Crippen LogP contribution in [-0.4, -0.2) is 24.2 Å². The van der Waals surface area contributed by atoms with Crippen LogP contribution in [-0.2, 0) is 28.1 Å². The highest BCUT2D eigenvalue weighted by atomic mass is 35.5. The predicted molar refractivity (Wildman–Crippen MR) is 109 cm³/mol. The summed E-state index contributed by atoms with van der Waals surface area (Å²) in [5.74, 6) is -0.578. The van der Waals surface area contributed by atoms with E-state index in [1.54, 1.807) is 19.1 Å². The van der Waals surface area contributed by atoms with Gasteiger partial charge in [-0.2, -0.15) is 0 Å². The van der Waals surface area contributed by atoms with E-state index in [4.69, 9.17) is 16.3 Å². The molecule has 0 radical (unpaired) electrons. The molecule has 0 bridgehead atoms. The van der Waals surface area contributed by atoms with Gasteiger partial charge >= 0.3 is 5.97 Å². The molecule has 0 saturated carbocycles. The molecule has 1 aliphatic carbocycles. The molecule has 144 valence electrons. The number of hydrogen-bond acceptors (Lipinski definition) is 5. The molecular formula is C19H19ClFNO3S2. The summed E-state index contributed by atoms with van der Waals surface area (Å²) in [6.45, 7) is 2.04.